The Hall–Kier alpha value is -1.79. The van der Waals surface area contributed by atoms with E-state index >= 15 is 0 Å². The zero-order chi connectivity index (χ0) is 18.0. The third-order valence-electron chi connectivity index (χ3n) is 4.94. The molecule has 3 rings (SSSR count). The van der Waals surface area contributed by atoms with Gasteiger partial charge in [-0.15, -0.1) is 0 Å². The number of piperidine rings is 1. The lowest BCUT2D eigenvalue weighted by Gasteiger charge is -2.31. The van der Waals surface area contributed by atoms with E-state index < -0.39 is 0 Å². The Bertz CT molecular complexity index is 783. The van der Waals surface area contributed by atoms with Gasteiger partial charge in [0.25, 0.3) is 0 Å². The molecule has 1 aromatic carbocycles. The van der Waals surface area contributed by atoms with Crippen LogP contribution in [-0.2, 0) is 6.67 Å². The van der Waals surface area contributed by atoms with Crippen molar-refractivity contribution in [2.24, 2.45) is 5.92 Å². The second-order valence-corrected chi connectivity index (χ2v) is 7.54. The summed E-state index contributed by atoms with van der Waals surface area (Å²) in [4.78, 5) is 15.0. The van der Waals surface area contributed by atoms with Gasteiger partial charge in [-0.25, -0.2) is 4.68 Å². The van der Waals surface area contributed by atoms with Crippen molar-refractivity contribution in [1.29, 1.82) is 0 Å². The average Bonchev–Trinajstić information content (AvgIpc) is 2.96. The Labute approximate surface area is 154 Å². The molecule has 5 nitrogen and oxygen atoms in total. The zero-order valence-electron chi connectivity index (χ0n) is 15.2. The molecule has 1 aliphatic heterocycles. The van der Waals surface area contributed by atoms with Gasteiger partial charge in [0.05, 0.1) is 6.67 Å². The molecule has 2 heterocycles. The fourth-order valence-electron chi connectivity index (χ4n) is 3.28. The summed E-state index contributed by atoms with van der Waals surface area (Å²) in [6.07, 6.45) is 3.59. The van der Waals surface area contributed by atoms with Gasteiger partial charge in [0.15, 0.2) is 10.6 Å². The summed E-state index contributed by atoms with van der Waals surface area (Å²) in [7, 11) is 0. The monoisotopic (exact) mass is 358 g/mol. The number of aromatic nitrogens is 3. The normalized spacial score (nSPS) is 16.5. The number of benzene rings is 1. The second kappa shape index (κ2) is 7.62. The molecule has 1 aliphatic rings. The predicted molar refractivity (Wildman–Crippen MR) is 101 cm³/mol. The molecule has 1 fully saturated rings. The van der Waals surface area contributed by atoms with Gasteiger partial charge in [0, 0.05) is 30.6 Å². The SMILES string of the molecule is Cc1ccc(C(=O)C2CCN(Cn3ncn(C(C)C)c3=S)CC2)cc1. The lowest BCUT2D eigenvalue weighted by atomic mass is 9.89. The Morgan fingerprint density at radius 3 is 2.44 bits per heavy atom. The molecule has 0 radical (unpaired) electrons. The molecule has 134 valence electrons. The van der Waals surface area contributed by atoms with E-state index in [0.717, 1.165) is 36.3 Å². The molecule has 1 aromatic heterocycles. The molecule has 2 aromatic rings. The second-order valence-electron chi connectivity index (χ2n) is 7.18. The summed E-state index contributed by atoms with van der Waals surface area (Å²) in [6.45, 7) is 8.74. The van der Waals surface area contributed by atoms with E-state index in [1.165, 1.54) is 5.56 Å². The van der Waals surface area contributed by atoms with E-state index in [0.29, 0.717) is 12.7 Å². The topological polar surface area (TPSA) is 43.1 Å². The minimum absolute atomic E-state index is 0.125. The summed E-state index contributed by atoms with van der Waals surface area (Å²) < 4.78 is 4.63. The average molecular weight is 359 g/mol. The van der Waals surface area contributed by atoms with Crippen LogP contribution in [0.5, 0.6) is 0 Å². The van der Waals surface area contributed by atoms with Crippen molar-refractivity contribution in [2.75, 3.05) is 13.1 Å². The Balaban J connectivity index is 1.58. The van der Waals surface area contributed by atoms with Crippen LogP contribution >= 0.6 is 12.2 Å². The number of Topliss-reactive ketones (excluding diaryl/α,β-unsaturated/α-hetero) is 1. The molecular weight excluding hydrogens is 332 g/mol. The summed E-state index contributed by atoms with van der Waals surface area (Å²) >= 11 is 5.49. The van der Waals surface area contributed by atoms with E-state index in [1.807, 2.05) is 40.4 Å². The maximum absolute atomic E-state index is 12.7. The van der Waals surface area contributed by atoms with Crippen LogP contribution in [0.2, 0.25) is 0 Å². The van der Waals surface area contributed by atoms with E-state index in [1.54, 1.807) is 6.33 Å². The van der Waals surface area contributed by atoms with Crippen molar-refractivity contribution < 1.29 is 4.79 Å². The standard InChI is InChI=1S/C19H26N4OS/c1-14(2)22-12-20-23(19(22)25)13-21-10-8-17(9-11-21)18(24)16-6-4-15(3)5-7-16/h4-7,12,14,17H,8-11,13H2,1-3H3. The molecule has 0 amide bonds. The van der Waals surface area contributed by atoms with Crippen LogP contribution in [-0.4, -0.2) is 38.1 Å². The minimum atomic E-state index is 0.125. The van der Waals surface area contributed by atoms with Crippen molar-refractivity contribution in [1.82, 2.24) is 19.2 Å². The highest BCUT2D eigenvalue weighted by atomic mass is 32.1. The van der Waals surface area contributed by atoms with Crippen LogP contribution in [0.1, 0.15) is 48.7 Å². The van der Waals surface area contributed by atoms with Crippen molar-refractivity contribution in [3.05, 3.63) is 46.5 Å². The number of hydrogen-bond donors (Lipinski definition) is 0. The Morgan fingerprint density at radius 2 is 1.88 bits per heavy atom. The number of nitrogens with zero attached hydrogens (tertiary/aromatic N) is 4. The molecule has 0 aliphatic carbocycles. The van der Waals surface area contributed by atoms with Gasteiger partial charge in [0.2, 0.25) is 0 Å². The predicted octanol–water partition coefficient (Wildman–Crippen LogP) is 3.86. The highest BCUT2D eigenvalue weighted by molar-refractivity contribution is 7.71. The molecule has 0 unspecified atom stereocenters. The molecule has 0 bridgehead atoms. The summed E-state index contributed by atoms with van der Waals surface area (Å²) in [6, 6.07) is 8.23. The molecule has 6 heteroatoms. The van der Waals surface area contributed by atoms with Gasteiger partial charge in [-0.05, 0) is 45.8 Å². The van der Waals surface area contributed by atoms with Gasteiger partial charge in [0.1, 0.15) is 6.33 Å². The number of aryl methyl sites for hydroxylation is 1. The quantitative estimate of drug-likeness (QED) is 0.601. The smallest absolute Gasteiger partial charge is 0.199 e. The van der Waals surface area contributed by atoms with Crippen molar-refractivity contribution in [3.8, 4) is 0 Å². The lowest BCUT2D eigenvalue weighted by molar-refractivity contribution is 0.0803. The van der Waals surface area contributed by atoms with E-state index in [4.69, 9.17) is 12.2 Å². The Kier molecular flexibility index (Phi) is 5.49. The summed E-state index contributed by atoms with van der Waals surface area (Å²) in [5.41, 5.74) is 2.02. The van der Waals surface area contributed by atoms with Crippen molar-refractivity contribution in [3.63, 3.8) is 0 Å². The van der Waals surface area contributed by atoms with E-state index in [9.17, 15) is 4.79 Å². The lowest BCUT2D eigenvalue weighted by Crippen LogP contribution is -2.37. The first kappa shape index (κ1) is 18.0. The van der Waals surface area contributed by atoms with Crippen molar-refractivity contribution in [2.45, 2.75) is 46.3 Å². The minimum Gasteiger partial charge on any atom is -0.304 e. The maximum Gasteiger partial charge on any atom is 0.199 e. The first-order valence-electron chi connectivity index (χ1n) is 8.93. The van der Waals surface area contributed by atoms with Crippen LogP contribution in [0, 0.1) is 17.6 Å². The first-order chi connectivity index (χ1) is 12.0. The molecular formula is C19H26N4OS. The zero-order valence-corrected chi connectivity index (χ0v) is 16.0. The molecule has 1 saturated heterocycles. The summed E-state index contributed by atoms with van der Waals surface area (Å²) in [5.74, 6) is 0.403. The number of carbonyl (C=O) groups is 1. The van der Waals surface area contributed by atoms with Gasteiger partial charge in [-0.3, -0.25) is 9.69 Å². The van der Waals surface area contributed by atoms with Crippen molar-refractivity contribution >= 4 is 18.0 Å². The third-order valence-corrected chi connectivity index (χ3v) is 5.36. The fourth-order valence-corrected chi connectivity index (χ4v) is 3.64. The number of likely N-dealkylation sites (tertiary alicyclic amines) is 1. The number of carbonyl (C=O) groups excluding carboxylic acids is 1. The van der Waals surface area contributed by atoms with E-state index in [2.05, 4.69) is 23.8 Å². The van der Waals surface area contributed by atoms with Gasteiger partial charge < -0.3 is 4.57 Å². The highest BCUT2D eigenvalue weighted by Crippen LogP contribution is 2.22. The van der Waals surface area contributed by atoms with Crippen LogP contribution in [0.25, 0.3) is 0 Å². The van der Waals surface area contributed by atoms with Crippen LogP contribution < -0.4 is 0 Å². The third kappa shape index (κ3) is 4.07. The molecule has 25 heavy (non-hydrogen) atoms. The van der Waals surface area contributed by atoms with E-state index in [-0.39, 0.29) is 11.7 Å². The molecule has 0 spiro atoms. The Morgan fingerprint density at radius 1 is 1.24 bits per heavy atom. The largest absolute Gasteiger partial charge is 0.304 e. The number of ketones is 1. The van der Waals surface area contributed by atoms with Crippen LogP contribution in [0.3, 0.4) is 0 Å². The van der Waals surface area contributed by atoms with Crippen LogP contribution in [0.4, 0.5) is 0 Å². The number of hydrogen-bond acceptors (Lipinski definition) is 4. The molecule has 0 saturated carbocycles. The highest BCUT2D eigenvalue weighted by Gasteiger charge is 2.26. The van der Waals surface area contributed by atoms with Crippen LogP contribution in [0.15, 0.2) is 30.6 Å². The van der Waals surface area contributed by atoms with Gasteiger partial charge >= 0.3 is 0 Å². The fraction of sp³-hybridized carbons (Fsp3) is 0.526. The number of rotatable bonds is 5. The first-order valence-corrected chi connectivity index (χ1v) is 9.33. The molecule has 0 atom stereocenters. The van der Waals surface area contributed by atoms with Gasteiger partial charge in [-0.1, -0.05) is 29.8 Å². The maximum atomic E-state index is 12.7. The van der Waals surface area contributed by atoms with Gasteiger partial charge in [-0.2, -0.15) is 5.10 Å². The molecule has 0 N–H and O–H groups in total. The summed E-state index contributed by atoms with van der Waals surface area (Å²) in [5, 5.41) is 4.41.